The van der Waals surface area contributed by atoms with E-state index >= 15 is 0 Å². The summed E-state index contributed by atoms with van der Waals surface area (Å²) in [6.07, 6.45) is 6.94. The molecule has 2 unspecified atom stereocenters. The predicted octanol–water partition coefficient (Wildman–Crippen LogP) is 3.72. The monoisotopic (exact) mass is 368 g/mol. The second kappa shape index (κ2) is 5.63. The molecule has 1 fully saturated rings. The summed E-state index contributed by atoms with van der Waals surface area (Å²) >= 11 is 2.33. The smallest absolute Gasteiger partial charge is 0.140 e. The third kappa shape index (κ3) is 3.00. The van der Waals surface area contributed by atoms with Gasteiger partial charge in [-0.2, -0.15) is 0 Å². The van der Waals surface area contributed by atoms with Crippen molar-refractivity contribution in [2.75, 3.05) is 0 Å². The molecule has 1 aromatic carbocycles. The van der Waals surface area contributed by atoms with Crippen molar-refractivity contribution in [3.8, 4) is 11.4 Å². The first-order chi connectivity index (χ1) is 9.22. The van der Waals surface area contributed by atoms with Gasteiger partial charge in [-0.05, 0) is 54.5 Å². The van der Waals surface area contributed by atoms with E-state index in [1.165, 1.54) is 9.13 Å². The number of halogens is 1. The Morgan fingerprint density at radius 1 is 1.42 bits per heavy atom. The van der Waals surface area contributed by atoms with Crippen LogP contribution in [0.5, 0.6) is 0 Å². The fourth-order valence-electron chi connectivity index (χ4n) is 2.58. The summed E-state index contributed by atoms with van der Waals surface area (Å²) in [5.41, 5.74) is 1.17. The van der Waals surface area contributed by atoms with Crippen molar-refractivity contribution >= 4 is 22.6 Å². The summed E-state index contributed by atoms with van der Waals surface area (Å²) in [6.45, 7) is 3.04. The van der Waals surface area contributed by atoms with Gasteiger partial charge >= 0.3 is 0 Å². The van der Waals surface area contributed by atoms with Gasteiger partial charge in [0.25, 0.3) is 0 Å². The van der Waals surface area contributed by atoms with Gasteiger partial charge in [-0.1, -0.05) is 12.1 Å². The van der Waals surface area contributed by atoms with Crippen LogP contribution in [0.1, 0.15) is 19.8 Å². The van der Waals surface area contributed by atoms with Gasteiger partial charge in [0.1, 0.15) is 5.82 Å². The Bertz CT molecular complexity index is 567. The molecule has 3 rings (SSSR count). The maximum atomic E-state index is 5.90. The lowest BCUT2D eigenvalue weighted by Crippen LogP contribution is -2.16. The Balaban J connectivity index is 1.82. The number of hydrogen-bond acceptors (Lipinski definition) is 2. The molecule has 0 saturated carbocycles. The van der Waals surface area contributed by atoms with Gasteiger partial charge in [0.2, 0.25) is 0 Å². The normalized spacial score (nSPS) is 22.8. The number of imidazole rings is 1. The molecule has 19 heavy (non-hydrogen) atoms. The van der Waals surface area contributed by atoms with Crippen molar-refractivity contribution in [3.05, 3.63) is 40.2 Å². The van der Waals surface area contributed by atoms with E-state index in [0.29, 0.717) is 12.2 Å². The minimum Gasteiger partial charge on any atom is -0.373 e. The maximum Gasteiger partial charge on any atom is 0.140 e. The Morgan fingerprint density at radius 2 is 2.32 bits per heavy atom. The molecule has 4 heteroatoms. The Hall–Kier alpha value is -0.880. The molecule has 0 bridgehead atoms. The van der Waals surface area contributed by atoms with E-state index in [0.717, 1.165) is 25.2 Å². The molecule has 1 aliphatic rings. The molecule has 2 heterocycles. The lowest BCUT2D eigenvalue weighted by molar-refractivity contribution is 0.0460. The molecule has 100 valence electrons. The van der Waals surface area contributed by atoms with E-state index in [9.17, 15) is 0 Å². The molecule has 2 aromatic rings. The molecule has 0 radical (unpaired) electrons. The van der Waals surface area contributed by atoms with Crippen LogP contribution < -0.4 is 0 Å². The maximum absolute atomic E-state index is 5.90. The highest BCUT2D eigenvalue weighted by Gasteiger charge is 2.22. The molecule has 0 amide bonds. The number of benzene rings is 1. The second-order valence-corrected chi connectivity index (χ2v) is 6.31. The molecule has 3 nitrogen and oxygen atoms in total. The summed E-state index contributed by atoms with van der Waals surface area (Å²) in [5, 5.41) is 0. The number of nitrogens with zero attached hydrogens (tertiary/aromatic N) is 2. The second-order valence-electron chi connectivity index (χ2n) is 5.06. The summed E-state index contributed by atoms with van der Waals surface area (Å²) in [4.78, 5) is 4.49. The van der Waals surface area contributed by atoms with Gasteiger partial charge in [-0.25, -0.2) is 4.98 Å². The van der Waals surface area contributed by atoms with Crippen LogP contribution >= 0.6 is 22.6 Å². The van der Waals surface area contributed by atoms with E-state index in [1.54, 1.807) is 0 Å². The van der Waals surface area contributed by atoms with Crippen LogP contribution in [0.15, 0.2) is 36.7 Å². The first kappa shape index (κ1) is 13.1. The summed E-state index contributed by atoms with van der Waals surface area (Å²) in [6, 6.07) is 8.44. The van der Waals surface area contributed by atoms with E-state index in [2.05, 4.69) is 63.3 Å². The van der Waals surface area contributed by atoms with Gasteiger partial charge in [0, 0.05) is 21.5 Å². The fraction of sp³-hybridized carbons (Fsp3) is 0.400. The summed E-state index contributed by atoms with van der Waals surface area (Å²) in [5.74, 6) is 1.03. The van der Waals surface area contributed by atoms with Gasteiger partial charge in [-0.15, -0.1) is 0 Å². The van der Waals surface area contributed by atoms with Crippen molar-refractivity contribution in [2.24, 2.45) is 0 Å². The minimum atomic E-state index is 0.325. The Labute approximate surface area is 127 Å². The highest BCUT2D eigenvalue weighted by molar-refractivity contribution is 14.1. The Morgan fingerprint density at radius 3 is 3.05 bits per heavy atom. The summed E-state index contributed by atoms with van der Waals surface area (Å²) in [7, 11) is 0. The van der Waals surface area contributed by atoms with Gasteiger partial charge in [0.05, 0.1) is 18.8 Å². The average Bonchev–Trinajstić information content (AvgIpc) is 2.99. The van der Waals surface area contributed by atoms with Crippen molar-refractivity contribution in [1.82, 2.24) is 9.55 Å². The van der Waals surface area contributed by atoms with Crippen molar-refractivity contribution < 1.29 is 4.74 Å². The van der Waals surface area contributed by atoms with Crippen LogP contribution in [0.2, 0.25) is 0 Å². The third-order valence-corrected chi connectivity index (χ3v) is 4.19. The molecule has 0 spiro atoms. The third-order valence-electron chi connectivity index (χ3n) is 3.52. The summed E-state index contributed by atoms with van der Waals surface area (Å²) < 4.78 is 9.33. The number of hydrogen-bond donors (Lipinski definition) is 0. The first-order valence-electron chi connectivity index (χ1n) is 6.65. The van der Waals surface area contributed by atoms with Gasteiger partial charge < -0.3 is 9.30 Å². The molecule has 1 aliphatic heterocycles. The molecule has 1 saturated heterocycles. The first-order valence-corrected chi connectivity index (χ1v) is 7.73. The van der Waals surface area contributed by atoms with E-state index in [1.807, 2.05) is 12.4 Å². The zero-order chi connectivity index (χ0) is 13.2. The molecule has 2 atom stereocenters. The number of ether oxygens (including phenoxy) is 1. The zero-order valence-corrected chi connectivity index (χ0v) is 13.1. The van der Waals surface area contributed by atoms with Crippen LogP contribution in [0.25, 0.3) is 11.4 Å². The fourth-order valence-corrected chi connectivity index (χ4v) is 3.13. The SMILES string of the molecule is CC1CCC(Cn2ccnc2-c2cccc(I)c2)O1. The van der Waals surface area contributed by atoms with E-state index < -0.39 is 0 Å². The van der Waals surface area contributed by atoms with Crippen LogP contribution in [0.4, 0.5) is 0 Å². The predicted molar refractivity (Wildman–Crippen MR) is 83.9 cm³/mol. The zero-order valence-electron chi connectivity index (χ0n) is 10.9. The highest BCUT2D eigenvalue weighted by Crippen LogP contribution is 2.24. The van der Waals surface area contributed by atoms with Crippen LogP contribution in [0, 0.1) is 3.57 Å². The van der Waals surface area contributed by atoms with Crippen LogP contribution in [-0.4, -0.2) is 21.8 Å². The van der Waals surface area contributed by atoms with Gasteiger partial charge in [-0.3, -0.25) is 0 Å². The van der Waals surface area contributed by atoms with Crippen molar-refractivity contribution in [2.45, 2.75) is 38.5 Å². The van der Waals surface area contributed by atoms with Gasteiger partial charge in [0.15, 0.2) is 0 Å². The standard InChI is InChI=1S/C15H17IN2O/c1-11-5-6-14(19-11)10-18-8-7-17-15(18)12-3-2-4-13(16)9-12/h2-4,7-9,11,14H,5-6,10H2,1H3. The van der Waals surface area contributed by atoms with Crippen molar-refractivity contribution in [1.29, 1.82) is 0 Å². The van der Waals surface area contributed by atoms with Crippen LogP contribution in [0.3, 0.4) is 0 Å². The lowest BCUT2D eigenvalue weighted by atomic mass is 10.2. The molecular formula is C15H17IN2O. The quantitative estimate of drug-likeness (QED) is 0.773. The molecule has 0 aliphatic carbocycles. The largest absolute Gasteiger partial charge is 0.373 e. The lowest BCUT2D eigenvalue weighted by Gasteiger charge is -2.14. The topological polar surface area (TPSA) is 27.1 Å². The number of aromatic nitrogens is 2. The Kier molecular flexibility index (Phi) is 3.88. The average molecular weight is 368 g/mol. The number of rotatable bonds is 3. The molecular weight excluding hydrogens is 351 g/mol. The molecule has 0 N–H and O–H groups in total. The molecule has 1 aromatic heterocycles. The minimum absolute atomic E-state index is 0.325. The highest BCUT2D eigenvalue weighted by atomic mass is 127. The van der Waals surface area contributed by atoms with E-state index in [-0.39, 0.29) is 0 Å². The van der Waals surface area contributed by atoms with Crippen LogP contribution in [-0.2, 0) is 11.3 Å². The van der Waals surface area contributed by atoms with Crippen molar-refractivity contribution in [3.63, 3.8) is 0 Å². The van der Waals surface area contributed by atoms with E-state index in [4.69, 9.17) is 4.74 Å².